The van der Waals surface area contributed by atoms with Gasteiger partial charge in [-0.05, 0) is 42.2 Å². The lowest BCUT2D eigenvalue weighted by molar-refractivity contribution is -0.143. The number of nitrogens with zero attached hydrogens (tertiary/aromatic N) is 1. The highest BCUT2D eigenvalue weighted by molar-refractivity contribution is 6.08. The average Bonchev–Trinajstić information content (AvgIpc) is 3.19. The van der Waals surface area contributed by atoms with Gasteiger partial charge in [-0.15, -0.1) is 0 Å². The van der Waals surface area contributed by atoms with E-state index in [0.717, 1.165) is 6.42 Å². The standard InChI is InChI=1S/C18H18N2O4/c21-14(19-7-9-2-1-5-24-9)8-20-17(22)15-10-3-4-11(13-6-12(10)13)16(15)18(20)23/h1-5,10-13,15-16H,6-8H2,(H,19,21)/t10-,11-,12-,13+,15+,16+/m1/s1. The zero-order valence-electron chi connectivity index (χ0n) is 13.1. The Morgan fingerprint density at radius 1 is 1.17 bits per heavy atom. The smallest absolute Gasteiger partial charge is 0.240 e. The van der Waals surface area contributed by atoms with E-state index in [9.17, 15) is 14.4 Å². The molecule has 124 valence electrons. The van der Waals surface area contributed by atoms with Crippen molar-refractivity contribution in [2.45, 2.75) is 13.0 Å². The highest BCUT2D eigenvalue weighted by Gasteiger charge is 2.67. The summed E-state index contributed by atoms with van der Waals surface area (Å²) in [4.78, 5) is 38.8. The lowest BCUT2D eigenvalue weighted by atomic mass is 9.63. The molecule has 3 amide bonds. The zero-order chi connectivity index (χ0) is 16.4. The Kier molecular flexibility index (Phi) is 2.81. The van der Waals surface area contributed by atoms with Crippen LogP contribution in [0, 0.1) is 35.5 Å². The van der Waals surface area contributed by atoms with E-state index < -0.39 is 0 Å². The molecule has 3 fully saturated rings. The summed E-state index contributed by atoms with van der Waals surface area (Å²) in [6, 6.07) is 3.50. The summed E-state index contributed by atoms with van der Waals surface area (Å²) in [5.74, 6) is 1.02. The van der Waals surface area contributed by atoms with Gasteiger partial charge in [0, 0.05) is 0 Å². The molecular formula is C18H18N2O4. The summed E-state index contributed by atoms with van der Waals surface area (Å²) in [6.07, 6.45) is 6.94. The molecule has 1 aromatic heterocycles. The van der Waals surface area contributed by atoms with Crippen LogP contribution >= 0.6 is 0 Å². The molecule has 1 N–H and O–H groups in total. The van der Waals surface area contributed by atoms with Crippen LogP contribution in [0.2, 0.25) is 0 Å². The first-order valence-electron chi connectivity index (χ1n) is 8.48. The molecule has 2 heterocycles. The molecule has 0 unspecified atom stereocenters. The number of allylic oxidation sites excluding steroid dienone is 2. The number of rotatable bonds is 4. The van der Waals surface area contributed by atoms with Gasteiger partial charge in [0.25, 0.3) is 0 Å². The summed E-state index contributed by atoms with van der Waals surface area (Å²) in [6.45, 7) is 0.0615. The molecule has 6 atom stereocenters. The SMILES string of the molecule is O=C(CN1C(=O)[C@H]2[C@@H]3C=C[C@H]([C@@H]4C[C@H]34)[C@@H]2C1=O)NCc1ccco1. The third-order valence-corrected chi connectivity index (χ3v) is 6.10. The van der Waals surface area contributed by atoms with Crippen LogP contribution in [0.15, 0.2) is 35.0 Å². The molecule has 2 bridgehead atoms. The minimum absolute atomic E-state index is 0.164. The average molecular weight is 326 g/mol. The number of likely N-dealkylation sites (tertiary alicyclic amines) is 1. The fourth-order valence-corrected chi connectivity index (χ4v) is 4.97. The molecule has 1 aromatic rings. The van der Waals surface area contributed by atoms with Crippen molar-refractivity contribution in [1.82, 2.24) is 10.2 Å². The predicted molar refractivity (Wildman–Crippen MR) is 82.0 cm³/mol. The van der Waals surface area contributed by atoms with Crippen molar-refractivity contribution < 1.29 is 18.8 Å². The third kappa shape index (κ3) is 1.85. The highest BCUT2D eigenvalue weighted by atomic mass is 16.3. The van der Waals surface area contributed by atoms with Crippen molar-refractivity contribution in [2.75, 3.05) is 6.54 Å². The Labute approximate surface area is 138 Å². The lowest BCUT2D eigenvalue weighted by Gasteiger charge is -2.37. The van der Waals surface area contributed by atoms with Gasteiger partial charge in [0.2, 0.25) is 17.7 Å². The molecular weight excluding hydrogens is 308 g/mol. The van der Waals surface area contributed by atoms with Crippen LogP contribution in [0.3, 0.4) is 0 Å². The van der Waals surface area contributed by atoms with Gasteiger partial charge in [-0.2, -0.15) is 0 Å². The Morgan fingerprint density at radius 3 is 2.42 bits per heavy atom. The Morgan fingerprint density at radius 2 is 1.83 bits per heavy atom. The van der Waals surface area contributed by atoms with Crippen molar-refractivity contribution in [3.05, 3.63) is 36.3 Å². The Balaban J connectivity index is 1.29. The van der Waals surface area contributed by atoms with Gasteiger partial charge in [0.05, 0.1) is 24.6 Å². The van der Waals surface area contributed by atoms with Crippen LogP contribution in [0.4, 0.5) is 0 Å². The van der Waals surface area contributed by atoms with Crippen LogP contribution in [-0.2, 0) is 20.9 Å². The predicted octanol–water partition coefficient (Wildman–Crippen LogP) is 0.949. The van der Waals surface area contributed by atoms with Gasteiger partial charge >= 0.3 is 0 Å². The van der Waals surface area contributed by atoms with Gasteiger partial charge in [0.1, 0.15) is 12.3 Å². The molecule has 5 aliphatic rings. The number of imide groups is 1. The van der Waals surface area contributed by atoms with Crippen molar-refractivity contribution in [1.29, 1.82) is 0 Å². The zero-order valence-corrected chi connectivity index (χ0v) is 13.1. The van der Waals surface area contributed by atoms with Crippen LogP contribution < -0.4 is 5.32 Å². The van der Waals surface area contributed by atoms with Gasteiger partial charge < -0.3 is 9.73 Å². The van der Waals surface area contributed by atoms with E-state index in [4.69, 9.17) is 4.42 Å². The number of hydrogen-bond acceptors (Lipinski definition) is 4. The Bertz CT molecular complexity index is 717. The van der Waals surface area contributed by atoms with E-state index in [1.807, 2.05) is 0 Å². The number of carbonyl (C=O) groups excluding carboxylic acids is 3. The molecule has 1 aliphatic heterocycles. The van der Waals surface area contributed by atoms with Crippen LogP contribution in [0.5, 0.6) is 0 Å². The highest BCUT2D eigenvalue weighted by Crippen LogP contribution is 2.65. The second kappa shape index (κ2) is 4.82. The first-order valence-corrected chi connectivity index (χ1v) is 8.48. The minimum Gasteiger partial charge on any atom is -0.467 e. The maximum Gasteiger partial charge on any atom is 0.240 e. The number of hydrogen-bond donors (Lipinski definition) is 1. The fraction of sp³-hybridized carbons (Fsp3) is 0.500. The van der Waals surface area contributed by atoms with E-state index in [0.29, 0.717) is 17.6 Å². The molecule has 0 spiro atoms. The van der Waals surface area contributed by atoms with Crippen molar-refractivity contribution in [3.8, 4) is 0 Å². The summed E-state index contributed by atoms with van der Waals surface area (Å²) < 4.78 is 5.16. The van der Waals surface area contributed by atoms with E-state index in [1.165, 1.54) is 11.2 Å². The molecule has 6 nitrogen and oxygen atoms in total. The molecule has 24 heavy (non-hydrogen) atoms. The van der Waals surface area contributed by atoms with Gasteiger partial charge in [0.15, 0.2) is 0 Å². The molecule has 1 saturated heterocycles. The topological polar surface area (TPSA) is 79.6 Å². The molecule has 4 aliphatic carbocycles. The normalized spacial score (nSPS) is 38.2. The Hall–Kier alpha value is -2.37. The number of nitrogens with one attached hydrogen (secondary N) is 1. The molecule has 6 heteroatoms. The number of carbonyl (C=O) groups is 3. The summed E-state index contributed by atoms with van der Waals surface area (Å²) in [7, 11) is 0. The van der Waals surface area contributed by atoms with Gasteiger partial charge in [-0.3, -0.25) is 19.3 Å². The van der Waals surface area contributed by atoms with Gasteiger partial charge in [-0.1, -0.05) is 12.2 Å². The summed E-state index contributed by atoms with van der Waals surface area (Å²) in [5.41, 5.74) is 0. The van der Waals surface area contributed by atoms with E-state index in [1.54, 1.807) is 12.1 Å². The summed E-state index contributed by atoms with van der Waals surface area (Å²) >= 11 is 0. The quantitative estimate of drug-likeness (QED) is 0.660. The van der Waals surface area contributed by atoms with Gasteiger partial charge in [-0.25, -0.2) is 0 Å². The van der Waals surface area contributed by atoms with Crippen molar-refractivity contribution >= 4 is 17.7 Å². The minimum atomic E-state index is -0.336. The molecule has 2 saturated carbocycles. The second-order valence-electron chi connectivity index (χ2n) is 7.27. The third-order valence-electron chi connectivity index (χ3n) is 6.10. The maximum absolute atomic E-state index is 12.7. The summed E-state index contributed by atoms with van der Waals surface area (Å²) in [5, 5.41) is 2.70. The molecule has 6 rings (SSSR count). The monoisotopic (exact) mass is 326 g/mol. The van der Waals surface area contributed by atoms with Crippen LogP contribution in [0.1, 0.15) is 12.2 Å². The van der Waals surface area contributed by atoms with Crippen LogP contribution in [-0.4, -0.2) is 29.2 Å². The molecule has 0 radical (unpaired) electrons. The maximum atomic E-state index is 12.7. The first kappa shape index (κ1) is 14.0. The van der Waals surface area contributed by atoms with Crippen LogP contribution in [0.25, 0.3) is 0 Å². The number of amides is 3. The lowest BCUT2D eigenvalue weighted by Crippen LogP contribution is -2.41. The van der Waals surface area contributed by atoms with E-state index in [-0.39, 0.29) is 54.5 Å². The second-order valence-corrected chi connectivity index (χ2v) is 7.27. The first-order chi connectivity index (χ1) is 11.6. The number of furan rings is 1. The molecule has 0 aromatic carbocycles. The largest absolute Gasteiger partial charge is 0.467 e. The van der Waals surface area contributed by atoms with Crippen molar-refractivity contribution in [3.63, 3.8) is 0 Å². The van der Waals surface area contributed by atoms with E-state index >= 15 is 0 Å². The van der Waals surface area contributed by atoms with E-state index in [2.05, 4.69) is 17.5 Å². The van der Waals surface area contributed by atoms with Crippen molar-refractivity contribution in [2.24, 2.45) is 35.5 Å². The fourth-order valence-electron chi connectivity index (χ4n) is 4.97.